The van der Waals surface area contributed by atoms with E-state index in [-0.39, 0.29) is 0 Å². The fraction of sp³-hybridized carbons (Fsp3) is 0.800. The first-order chi connectivity index (χ1) is 7.45. The van der Waals surface area contributed by atoms with Gasteiger partial charge >= 0.3 is 0 Å². The van der Waals surface area contributed by atoms with Crippen LogP contribution in [-0.2, 0) is 9.59 Å². The van der Waals surface area contributed by atoms with Crippen molar-refractivity contribution in [2.45, 2.75) is 19.4 Å². The highest BCUT2D eigenvalue weighted by Gasteiger charge is 2.52. The molecule has 0 aromatic carbocycles. The van der Waals surface area contributed by atoms with Gasteiger partial charge in [0.15, 0.2) is 0 Å². The number of likely N-dealkylation sites (tertiary alicyclic amines) is 1. The minimum atomic E-state index is -1.59. The zero-order valence-electron chi connectivity index (χ0n) is 9.38. The fourth-order valence-corrected chi connectivity index (χ4v) is 1.77. The van der Waals surface area contributed by atoms with Gasteiger partial charge in [0.25, 0.3) is 0 Å². The van der Waals surface area contributed by atoms with E-state index in [2.05, 4.69) is 0 Å². The van der Waals surface area contributed by atoms with Crippen LogP contribution >= 0.6 is 0 Å². The van der Waals surface area contributed by atoms with E-state index < -0.39 is 49.0 Å². The van der Waals surface area contributed by atoms with Gasteiger partial charge in [0.1, 0.15) is 5.54 Å². The molecule has 0 radical (unpaired) electrons. The minimum Gasteiger partial charge on any atom is -0.394 e. The number of nitrogens with zero attached hydrogens (tertiary/aromatic N) is 1. The Morgan fingerprint density at radius 2 is 1.31 bits per heavy atom. The number of amides is 2. The second-order valence-electron chi connectivity index (χ2n) is 4.29. The molecule has 2 atom stereocenters. The predicted molar refractivity (Wildman–Crippen MR) is 54.2 cm³/mol. The van der Waals surface area contributed by atoms with Crippen molar-refractivity contribution in [3.63, 3.8) is 0 Å². The maximum absolute atomic E-state index is 11.8. The Bertz CT molecular complexity index is 271. The molecule has 1 aliphatic heterocycles. The molecule has 0 aliphatic carbocycles. The van der Waals surface area contributed by atoms with Crippen molar-refractivity contribution < 1.29 is 24.9 Å². The van der Waals surface area contributed by atoms with Gasteiger partial charge in [-0.05, 0) is 0 Å². The van der Waals surface area contributed by atoms with Gasteiger partial charge in [-0.2, -0.15) is 0 Å². The summed E-state index contributed by atoms with van der Waals surface area (Å²) in [5.41, 5.74) is -1.59. The maximum atomic E-state index is 11.8. The monoisotopic (exact) mass is 231 g/mol. The average molecular weight is 231 g/mol. The number of carbonyl (C=O) groups is 2. The lowest BCUT2D eigenvalue weighted by Gasteiger charge is -2.36. The summed E-state index contributed by atoms with van der Waals surface area (Å²) in [5, 5.41) is 27.5. The molecular weight excluding hydrogens is 214 g/mol. The first-order valence-corrected chi connectivity index (χ1v) is 5.15. The average Bonchev–Trinajstić information content (AvgIpc) is 2.49. The zero-order chi connectivity index (χ0) is 12.5. The summed E-state index contributed by atoms with van der Waals surface area (Å²) in [6.45, 7) is 1.26. The van der Waals surface area contributed by atoms with E-state index in [1.54, 1.807) is 13.8 Å². The summed E-state index contributed by atoms with van der Waals surface area (Å²) in [6, 6.07) is 0. The third kappa shape index (κ3) is 1.63. The van der Waals surface area contributed by atoms with Crippen molar-refractivity contribution in [2.75, 3.05) is 19.8 Å². The lowest BCUT2D eigenvalue weighted by molar-refractivity contribution is -0.155. The van der Waals surface area contributed by atoms with E-state index in [0.29, 0.717) is 0 Å². The summed E-state index contributed by atoms with van der Waals surface area (Å²) in [5.74, 6) is -1.91. The molecule has 2 amide bonds. The Labute approximate surface area is 93.5 Å². The number of hydrogen-bond acceptors (Lipinski definition) is 5. The van der Waals surface area contributed by atoms with Gasteiger partial charge in [0.05, 0.1) is 19.8 Å². The fourth-order valence-electron chi connectivity index (χ4n) is 1.77. The topological polar surface area (TPSA) is 98.1 Å². The summed E-state index contributed by atoms with van der Waals surface area (Å²) >= 11 is 0. The van der Waals surface area contributed by atoms with Gasteiger partial charge in [0, 0.05) is 11.8 Å². The molecule has 0 spiro atoms. The van der Waals surface area contributed by atoms with Crippen LogP contribution in [0.5, 0.6) is 0 Å². The van der Waals surface area contributed by atoms with Crippen LogP contribution in [0, 0.1) is 11.8 Å². The highest BCUT2D eigenvalue weighted by atomic mass is 16.3. The van der Waals surface area contributed by atoms with Crippen molar-refractivity contribution in [1.82, 2.24) is 4.90 Å². The first-order valence-electron chi connectivity index (χ1n) is 5.15. The largest absolute Gasteiger partial charge is 0.394 e. The normalized spacial score (nSPS) is 26.7. The predicted octanol–water partition coefficient (Wildman–Crippen LogP) is -1.66. The molecule has 0 saturated carbocycles. The quantitative estimate of drug-likeness (QED) is 0.503. The maximum Gasteiger partial charge on any atom is 0.233 e. The van der Waals surface area contributed by atoms with Crippen LogP contribution in [0.25, 0.3) is 0 Å². The molecular formula is C10H17NO5. The summed E-state index contributed by atoms with van der Waals surface area (Å²) < 4.78 is 0. The molecule has 6 heteroatoms. The number of hydrogen-bond donors (Lipinski definition) is 3. The van der Waals surface area contributed by atoms with Crippen LogP contribution in [-0.4, -0.2) is 57.4 Å². The molecule has 3 N–H and O–H groups in total. The molecule has 0 aromatic heterocycles. The highest BCUT2D eigenvalue weighted by molar-refractivity contribution is 6.05. The number of carbonyl (C=O) groups excluding carboxylic acids is 2. The molecule has 1 fully saturated rings. The Kier molecular flexibility index (Phi) is 3.67. The van der Waals surface area contributed by atoms with Crippen LogP contribution in [0.4, 0.5) is 0 Å². The van der Waals surface area contributed by atoms with Crippen LogP contribution in [0.3, 0.4) is 0 Å². The van der Waals surface area contributed by atoms with Crippen LogP contribution in [0.15, 0.2) is 0 Å². The molecule has 0 bridgehead atoms. The summed E-state index contributed by atoms with van der Waals surface area (Å²) in [4.78, 5) is 24.5. The number of aliphatic hydroxyl groups excluding tert-OH is 3. The standard InChI is InChI=1S/C10H17NO5/c1-6-7(2)9(16)11(8(6)15)10(3-12,4-13)5-14/h6-7,12-14H,3-5H2,1-2H3. The Balaban J connectivity index is 3.12. The molecule has 0 aromatic rings. The Hall–Kier alpha value is -0.980. The molecule has 1 aliphatic rings. The zero-order valence-corrected chi connectivity index (χ0v) is 9.38. The molecule has 16 heavy (non-hydrogen) atoms. The SMILES string of the molecule is CC1C(=O)N(C(CO)(CO)CO)C(=O)C1C. The molecule has 1 saturated heterocycles. The van der Waals surface area contributed by atoms with Crippen molar-refractivity contribution in [2.24, 2.45) is 11.8 Å². The van der Waals surface area contributed by atoms with Gasteiger partial charge in [-0.15, -0.1) is 0 Å². The first kappa shape index (κ1) is 13.1. The number of aliphatic hydroxyl groups is 3. The molecule has 6 nitrogen and oxygen atoms in total. The lowest BCUT2D eigenvalue weighted by Crippen LogP contribution is -2.59. The van der Waals surface area contributed by atoms with E-state index in [1.165, 1.54) is 0 Å². The van der Waals surface area contributed by atoms with Gasteiger partial charge in [-0.3, -0.25) is 14.5 Å². The van der Waals surface area contributed by atoms with Crippen molar-refractivity contribution in [3.8, 4) is 0 Å². The van der Waals surface area contributed by atoms with Gasteiger partial charge in [-0.25, -0.2) is 0 Å². The van der Waals surface area contributed by atoms with E-state index >= 15 is 0 Å². The van der Waals surface area contributed by atoms with Crippen molar-refractivity contribution in [3.05, 3.63) is 0 Å². The molecule has 2 unspecified atom stereocenters. The highest BCUT2D eigenvalue weighted by Crippen LogP contribution is 2.31. The van der Waals surface area contributed by atoms with Crippen molar-refractivity contribution >= 4 is 11.8 Å². The van der Waals surface area contributed by atoms with Crippen LogP contribution in [0.2, 0.25) is 0 Å². The second-order valence-corrected chi connectivity index (χ2v) is 4.29. The van der Waals surface area contributed by atoms with Crippen LogP contribution in [0.1, 0.15) is 13.8 Å². The van der Waals surface area contributed by atoms with Gasteiger partial charge in [0.2, 0.25) is 11.8 Å². The third-order valence-electron chi connectivity index (χ3n) is 3.33. The van der Waals surface area contributed by atoms with E-state index in [0.717, 1.165) is 4.90 Å². The molecule has 92 valence electrons. The molecule has 1 heterocycles. The van der Waals surface area contributed by atoms with E-state index in [1.807, 2.05) is 0 Å². The van der Waals surface area contributed by atoms with Gasteiger partial charge < -0.3 is 15.3 Å². The third-order valence-corrected chi connectivity index (χ3v) is 3.33. The lowest BCUT2D eigenvalue weighted by atomic mass is 10.00. The van der Waals surface area contributed by atoms with Crippen molar-refractivity contribution in [1.29, 1.82) is 0 Å². The number of rotatable bonds is 4. The second kappa shape index (κ2) is 4.48. The van der Waals surface area contributed by atoms with E-state index in [4.69, 9.17) is 0 Å². The minimum absolute atomic E-state index is 0.463. The number of imide groups is 1. The smallest absolute Gasteiger partial charge is 0.233 e. The van der Waals surface area contributed by atoms with Gasteiger partial charge in [-0.1, -0.05) is 13.8 Å². The van der Waals surface area contributed by atoms with Crippen LogP contribution < -0.4 is 0 Å². The summed E-state index contributed by atoms with van der Waals surface area (Å²) in [7, 11) is 0. The molecule has 1 rings (SSSR count). The Morgan fingerprint density at radius 1 is 1.00 bits per heavy atom. The Morgan fingerprint density at radius 3 is 1.56 bits per heavy atom. The van der Waals surface area contributed by atoms with E-state index in [9.17, 15) is 24.9 Å². The summed E-state index contributed by atoms with van der Waals surface area (Å²) in [6.07, 6.45) is 0.